The largest absolute Gasteiger partial charge is 0.508 e. The van der Waals surface area contributed by atoms with Crippen LogP contribution in [-0.4, -0.2) is 10.2 Å². The molecule has 2 aromatic carbocycles. The van der Waals surface area contributed by atoms with Crippen molar-refractivity contribution in [2.75, 3.05) is 0 Å². The number of aryl methyl sites for hydroxylation is 4. The smallest absolute Gasteiger partial charge is 0.118 e. The van der Waals surface area contributed by atoms with Crippen molar-refractivity contribution in [3.05, 3.63) is 46.5 Å². The molecule has 2 rings (SSSR count). The lowest BCUT2D eigenvalue weighted by Gasteiger charge is -2.12. The number of rotatable bonds is 2. The average molecular weight is 274 g/mol. The van der Waals surface area contributed by atoms with E-state index >= 15 is 0 Å². The minimum atomic E-state index is 0.334. The highest BCUT2D eigenvalue weighted by molar-refractivity contribution is 7.99. The van der Waals surface area contributed by atoms with Gasteiger partial charge in [-0.2, -0.15) is 0 Å². The third-order valence-electron chi connectivity index (χ3n) is 3.21. The van der Waals surface area contributed by atoms with Crippen LogP contribution in [0.4, 0.5) is 0 Å². The second-order valence-corrected chi connectivity index (χ2v) is 5.99. The number of aromatic hydroxyl groups is 2. The summed E-state index contributed by atoms with van der Waals surface area (Å²) in [6.45, 7) is 7.77. The molecule has 0 aliphatic rings. The van der Waals surface area contributed by atoms with Crippen LogP contribution < -0.4 is 0 Å². The Morgan fingerprint density at radius 2 is 1.00 bits per heavy atom. The summed E-state index contributed by atoms with van der Waals surface area (Å²) in [6.07, 6.45) is 0. The maximum absolute atomic E-state index is 9.68. The molecule has 0 aliphatic heterocycles. The van der Waals surface area contributed by atoms with Gasteiger partial charge in [0.15, 0.2) is 0 Å². The zero-order valence-electron chi connectivity index (χ0n) is 11.6. The first-order chi connectivity index (χ1) is 8.88. The van der Waals surface area contributed by atoms with Gasteiger partial charge in [0.25, 0.3) is 0 Å². The van der Waals surface area contributed by atoms with Crippen LogP contribution in [-0.2, 0) is 0 Å². The summed E-state index contributed by atoms with van der Waals surface area (Å²) in [7, 11) is 0. The van der Waals surface area contributed by atoms with Crippen molar-refractivity contribution in [1.29, 1.82) is 0 Å². The quantitative estimate of drug-likeness (QED) is 0.848. The van der Waals surface area contributed by atoms with Crippen LogP contribution in [0.3, 0.4) is 0 Å². The topological polar surface area (TPSA) is 40.5 Å². The minimum Gasteiger partial charge on any atom is -0.508 e. The standard InChI is InChI=1S/C16H18O2S/c1-9-7-15(11(3)5-13(9)17)19-16-8-10(2)14(18)6-12(16)4/h5-8,17-18H,1-4H3. The number of benzene rings is 2. The summed E-state index contributed by atoms with van der Waals surface area (Å²) in [5.74, 6) is 0.668. The summed E-state index contributed by atoms with van der Waals surface area (Å²) in [6, 6.07) is 7.58. The Bertz CT molecular complexity index is 578. The molecule has 2 aromatic rings. The summed E-state index contributed by atoms with van der Waals surface area (Å²) < 4.78 is 0. The van der Waals surface area contributed by atoms with E-state index in [0.717, 1.165) is 32.0 Å². The van der Waals surface area contributed by atoms with Crippen LogP contribution in [0.15, 0.2) is 34.1 Å². The van der Waals surface area contributed by atoms with Crippen LogP contribution >= 0.6 is 11.8 Å². The number of hydrogen-bond acceptors (Lipinski definition) is 3. The van der Waals surface area contributed by atoms with Gasteiger partial charge in [-0.3, -0.25) is 0 Å². The molecule has 19 heavy (non-hydrogen) atoms. The normalized spacial score (nSPS) is 10.7. The van der Waals surface area contributed by atoms with E-state index in [-0.39, 0.29) is 0 Å². The molecule has 0 saturated heterocycles. The minimum absolute atomic E-state index is 0.334. The van der Waals surface area contributed by atoms with Crippen molar-refractivity contribution in [2.45, 2.75) is 37.5 Å². The molecule has 0 heterocycles. The van der Waals surface area contributed by atoms with E-state index < -0.39 is 0 Å². The fourth-order valence-electron chi connectivity index (χ4n) is 1.89. The first-order valence-corrected chi connectivity index (χ1v) is 6.98. The van der Waals surface area contributed by atoms with Crippen molar-refractivity contribution in [3.63, 3.8) is 0 Å². The van der Waals surface area contributed by atoms with Crippen LogP contribution in [0, 0.1) is 27.7 Å². The van der Waals surface area contributed by atoms with Gasteiger partial charge in [-0.15, -0.1) is 0 Å². The predicted molar refractivity (Wildman–Crippen MR) is 79.3 cm³/mol. The zero-order chi connectivity index (χ0) is 14.2. The fraction of sp³-hybridized carbons (Fsp3) is 0.250. The van der Waals surface area contributed by atoms with Gasteiger partial charge in [0.2, 0.25) is 0 Å². The molecule has 0 aromatic heterocycles. The van der Waals surface area contributed by atoms with E-state index in [9.17, 15) is 10.2 Å². The fourth-order valence-corrected chi connectivity index (χ4v) is 3.04. The van der Waals surface area contributed by atoms with Crippen molar-refractivity contribution in [3.8, 4) is 11.5 Å². The molecule has 0 spiro atoms. The summed E-state index contributed by atoms with van der Waals surface area (Å²) in [5, 5.41) is 19.4. The van der Waals surface area contributed by atoms with Crippen LogP contribution in [0.2, 0.25) is 0 Å². The van der Waals surface area contributed by atoms with Gasteiger partial charge in [0, 0.05) is 9.79 Å². The van der Waals surface area contributed by atoms with E-state index in [0.29, 0.717) is 11.5 Å². The Balaban J connectivity index is 2.42. The highest BCUT2D eigenvalue weighted by Gasteiger charge is 2.09. The molecule has 2 nitrogen and oxygen atoms in total. The number of hydrogen-bond donors (Lipinski definition) is 2. The Morgan fingerprint density at radius 3 is 1.37 bits per heavy atom. The predicted octanol–water partition coefficient (Wildman–Crippen LogP) is 4.48. The second kappa shape index (κ2) is 5.17. The third kappa shape index (κ3) is 2.87. The van der Waals surface area contributed by atoms with Gasteiger partial charge in [-0.05, 0) is 74.2 Å². The van der Waals surface area contributed by atoms with Gasteiger partial charge in [-0.25, -0.2) is 0 Å². The molecule has 2 N–H and O–H groups in total. The van der Waals surface area contributed by atoms with E-state index in [2.05, 4.69) is 0 Å². The summed E-state index contributed by atoms with van der Waals surface area (Å²) in [5.41, 5.74) is 3.86. The molecular weight excluding hydrogens is 256 g/mol. The molecule has 100 valence electrons. The maximum atomic E-state index is 9.68. The van der Waals surface area contributed by atoms with Crippen molar-refractivity contribution < 1.29 is 10.2 Å². The Kier molecular flexibility index (Phi) is 3.76. The summed E-state index contributed by atoms with van der Waals surface area (Å²) >= 11 is 1.66. The molecule has 0 atom stereocenters. The Labute approximate surface area is 118 Å². The third-order valence-corrected chi connectivity index (χ3v) is 4.53. The molecular formula is C16H18O2S. The molecule has 0 bridgehead atoms. The molecule has 0 radical (unpaired) electrons. The zero-order valence-corrected chi connectivity index (χ0v) is 12.4. The highest BCUT2D eigenvalue weighted by atomic mass is 32.2. The molecule has 0 unspecified atom stereocenters. The van der Waals surface area contributed by atoms with Crippen LogP contribution in [0.1, 0.15) is 22.3 Å². The van der Waals surface area contributed by atoms with E-state index in [4.69, 9.17) is 0 Å². The SMILES string of the molecule is Cc1cc(Sc2cc(C)c(O)cc2C)c(C)cc1O. The van der Waals surface area contributed by atoms with Crippen LogP contribution in [0.25, 0.3) is 0 Å². The van der Waals surface area contributed by atoms with Crippen molar-refractivity contribution >= 4 is 11.8 Å². The van der Waals surface area contributed by atoms with Gasteiger partial charge >= 0.3 is 0 Å². The molecule has 0 amide bonds. The molecule has 3 heteroatoms. The lowest BCUT2D eigenvalue weighted by molar-refractivity contribution is 0.469. The molecule has 0 fully saturated rings. The molecule has 0 aliphatic carbocycles. The van der Waals surface area contributed by atoms with Gasteiger partial charge in [-0.1, -0.05) is 11.8 Å². The second-order valence-electron chi connectivity index (χ2n) is 4.91. The maximum Gasteiger partial charge on any atom is 0.118 e. The van der Waals surface area contributed by atoms with Crippen molar-refractivity contribution in [1.82, 2.24) is 0 Å². The first-order valence-electron chi connectivity index (χ1n) is 6.16. The average Bonchev–Trinajstić information content (AvgIpc) is 2.32. The summed E-state index contributed by atoms with van der Waals surface area (Å²) in [4.78, 5) is 2.26. The monoisotopic (exact) mass is 274 g/mol. The van der Waals surface area contributed by atoms with Crippen LogP contribution in [0.5, 0.6) is 11.5 Å². The number of phenols is 2. The Morgan fingerprint density at radius 1 is 0.632 bits per heavy atom. The van der Waals surface area contributed by atoms with Gasteiger partial charge in [0.1, 0.15) is 11.5 Å². The Hall–Kier alpha value is -1.61. The lowest BCUT2D eigenvalue weighted by atomic mass is 10.1. The highest BCUT2D eigenvalue weighted by Crippen LogP contribution is 2.37. The van der Waals surface area contributed by atoms with Gasteiger partial charge < -0.3 is 10.2 Å². The van der Waals surface area contributed by atoms with E-state index in [1.807, 2.05) is 39.8 Å². The lowest BCUT2D eigenvalue weighted by Crippen LogP contribution is -1.87. The van der Waals surface area contributed by atoms with Crippen molar-refractivity contribution in [2.24, 2.45) is 0 Å². The van der Waals surface area contributed by atoms with E-state index in [1.165, 1.54) is 0 Å². The first kappa shape index (κ1) is 13.8. The van der Waals surface area contributed by atoms with Gasteiger partial charge in [0.05, 0.1) is 0 Å². The van der Waals surface area contributed by atoms with E-state index in [1.54, 1.807) is 23.9 Å². The molecule has 0 saturated carbocycles. The number of phenolic OH excluding ortho intramolecular Hbond substituents is 2.